The quantitative estimate of drug-likeness (QED) is 0.222. The Morgan fingerprint density at radius 2 is 1.74 bits per heavy atom. The lowest BCUT2D eigenvalue weighted by Crippen LogP contribution is -2.55. The Morgan fingerprint density at radius 1 is 0.976 bits per heavy atom. The second kappa shape index (κ2) is 14.9. The number of carbonyl (C=O) groups is 3. The molecule has 2 aromatic carbocycles. The molecule has 1 unspecified atom stereocenters. The fourth-order valence-corrected chi connectivity index (χ4v) is 5.54. The molecule has 10 heteroatoms. The van der Waals surface area contributed by atoms with Gasteiger partial charge in [-0.05, 0) is 67.5 Å². The molecular formula is C32H40ClN5O4. The highest BCUT2D eigenvalue weighted by Gasteiger charge is 2.32. The van der Waals surface area contributed by atoms with E-state index >= 15 is 0 Å². The second-order valence-electron chi connectivity index (χ2n) is 11.4. The molecule has 1 aliphatic rings. The van der Waals surface area contributed by atoms with Crippen LogP contribution in [0, 0.1) is 5.92 Å². The fraction of sp³-hybridized carbons (Fsp3) is 0.438. The van der Waals surface area contributed by atoms with Crippen molar-refractivity contribution in [2.75, 3.05) is 5.32 Å². The number of halogens is 1. The zero-order chi connectivity index (χ0) is 30.1. The van der Waals surface area contributed by atoms with Crippen LogP contribution in [0.2, 0.25) is 5.02 Å². The first-order valence-electron chi connectivity index (χ1n) is 14.6. The van der Waals surface area contributed by atoms with Crippen LogP contribution in [0.3, 0.4) is 0 Å². The van der Waals surface area contributed by atoms with Crippen LogP contribution in [-0.4, -0.2) is 41.0 Å². The zero-order valence-electron chi connectivity index (χ0n) is 24.4. The van der Waals surface area contributed by atoms with E-state index in [1.807, 2.05) is 44.2 Å². The van der Waals surface area contributed by atoms with E-state index in [-0.39, 0.29) is 29.7 Å². The van der Waals surface area contributed by atoms with Gasteiger partial charge in [-0.15, -0.1) is 0 Å². The molecule has 3 aromatic rings. The highest BCUT2D eigenvalue weighted by atomic mass is 35.5. The Hall–Kier alpha value is -3.85. The molecular weight excluding hydrogens is 554 g/mol. The number of hydrogen-bond acceptors (Lipinski definition) is 6. The van der Waals surface area contributed by atoms with Crippen LogP contribution in [-0.2, 0) is 16.1 Å². The molecule has 1 fully saturated rings. The molecule has 0 bridgehead atoms. The van der Waals surface area contributed by atoms with Gasteiger partial charge in [0.05, 0.1) is 0 Å². The first-order chi connectivity index (χ1) is 20.2. The summed E-state index contributed by atoms with van der Waals surface area (Å²) in [5, 5.41) is 16.5. The van der Waals surface area contributed by atoms with E-state index in [1.165, 1.54) is 6.26 Å². The average molecular weight is 594 g/mol. The normalized spacial score (nSPS) is 18.1. The van der Waals surface area contributed by atoms with E-state index in [2.05, 4.69) is 32.5 Å². The Bertz CT molecular complexity index is 1330. The van der Waals surface area contributed by atoms with Crippen molar-refractivity contribution in [1.82, 2.24) is 21.1 Å². The van der Waals surface area contributed by atoms with E-state index in [0.29, 0.717) is 29.4 Å². The van der Waals surface area contributed by atoms with Crippen LogP contribution in [0.25, 0.3) is 0 Å². The smallest absolute Gasteiger partial charge is 0.251 e. The maximum atomic E-state index is 13.5. The highest BCUT2D eigenvalue weighted by Crippen LogP contribution is 2.34. The molecule has 4 N–H and O–H groups in total. The topological polar surface area (TPSA) is 125 Å². The van der Waals surface area contributed by atoms with Crippen molar-refractivity contribution in [1.29, 1.82) is 0 Å². The van der Waals surface area contributed by atoms with Gasteiger partial charge in [-0.25, -0.2) is 0 Å². The van der Waals surface area contributed by atoms with Gasteiger partial charge in [-0.1, -0.05) is 67.7 Å². The summed E-state index contributed by atoms with van der Waals surface area (Å²) in [5.74, 6) is -0.0133. The molecule has 1 heterocycles. The second-order valence-corrected chi connectivity index (χ2v) is 11.8. The lowest BCUT2D eigenvalue weighted by molar-refractivity contribution is -0.130. The third kappa shape index (κ3) is 8.82. The van der Waals surface area contributed by atoms with Gasteiger partial charge in [0, 0.05) is 35.2 Å². The summed E-state index contributed by atoms with van der Waals surface area (Å²) < 4.78 is 4.80. The van der Waals surface area contributed by atoms with Crippen LogP contribution in [0.1, 0.15) is 80.3 Å². The van der Waals surface area contributed by atoms with Gasteiger partial charge < -0.3 is 25.8 Å². The van der Waals surface area contributed by atoms with Crippen molar-refractivity contribution < 1.29 is 18.9 Å². The first-order valence-corrected chi connectivity index (χ1v) is 15.0. The maximum absolute atomic E-state index is 13.5. The molecule has 0 spiro atoms. The van der Waals surface area contributed by atoms with Crippen LogP contribution < -0.4 is 21.3 Å². The number of carbonyl (C=O) groups excluding carboxylic acids is 3. The van der Waals surface area contributed by atoms with Crippen molar-refractivity contribution >= 4 is 35.1 Å². The van der Waals surface area contributed by atoms with E-state index < -0.39 is 18.0 Å². The Kier molecular flexibility index (Phi) is 11.0. The molecule has 224 valence electrons. The number of amides is 3. The van der Waals surface area contributed by atoms with Gasteiger partial charge in [0.1, 0.15) is 18.3 Å². The summed E-state index contributed by atoms with van der Waals surface area (Å²) in [6.07, 6.45) is 5.93. The predicted octanol–water partition coefficient (Wildman–Crippen LogP) is 5.43. The number of aromatic nitrogens is 1. The van der Waals surface area contributed by atoms with E-state index in [4.69, 9.17) is 16.1 Å². The molecule has 0 aliphatic heterocycles. The average Bonchev–Trinajstić information content (AvgIpc) is 3.50. The Morgan fingerprint density at radius 3 is 2.43 bits per heavy atom. The Balaban J connectivity index is 1.33. The maximum Gasteiger partial charge on any atom is 0.251 e. The summed E-state index contributed by atoms with van der Waals surface area (Å²) in [7, 11) is 0. The lowest BCUT2D eigenvalue weighted by atomic mass is 9.80. The van der Waals surface area contributed by atoms with Gasteiger partial charge in [-0.2, -0.15) is 0 Å². The van der Waals surface area contributed by atoms with Crippen molar-refractivity contribution in [3.05, 3.63) is 82.6 Å². The molecule has 1 saturated carbocycles. The number of anilines is 1. The number of hydrogen-bond donors (Lipinski definition) is 4. The molecule has 4 atom stereocenters. The molecule has 4 rings (SSSR count). The van der Waals surface area contributed by atoms with Crippen molar-refractivity contribution in [3.8, 4) is 0 Å². The zero-order valence-corrected chi connectivity index (χ0v) is 25.1. The lowest BCUT2D eigenvalue weighted by Gasteiger charge is -2.34. The fourth-order valence-electron chi connectivity index (χ4n) is 5.34. The minimum Gasteiger partial charge on any atom is -0.363 e. The van der Waals surface area contributed by atoms with E-state index in [1.54, 1.807) is 25.1 Å². The third-order valence-corrected chi connectivity index (χ3v) is 7.81. The number of rotatable bonds is 12. The van der Waals surface area contributed by atoms with Crippen molar-refractivity contribution in [2.45, 2.75) is 83.5 Å². The van der Waals surface area contributed by atoms with E-state index in [0.717, 1.165) is 36.8 Å². The van der Waals surface area contributed by atoms with Crippen molar-refractivity contribution in [2.24, 2.45) is 5.92 Å². The highest BCUT2D eigenvalue weighted by molar-refractivity contribution is 6.30. The van der Waals surface area contributed by atoms with Crippen LogP contribution >= 0.6 is 11.6 Å². The van der Waals surface area contributed by atoms with Gasteiger partial charge in [0.15, 0.2) is 5.82 Å². The van der Waals surface area contributed by atoms with Gasteiger partial charge in [0.2, 0.25) is 11.8 Å². The molecule has 9 nitrogen and oxygen atoms in total. The molecule has 3 amide bonds. The van der Waals surface area contributed by atoms with Crippen LogP contribution in [0.4, 0.5) is 5.82 Å². The number of benzene rings is 2. The summed E-state index contributed by atoms with van der Waals surface area (Å²) in [6, 6.07) is 15.0. The van der Waals surface area contributed by atoms with E-state index in [9.17, 15) is 14.4 Å². The monoisotopic (exact) mass is 593 g/mol. The number of nitrogens with zero attached hydrogens (tertiary/aromatic N) is 1. The summed E-state index contributed by atoms with van der Waals surface area (Å²) >= 11 is 6.25. The predicted molar refractivity (Wildman–Crippen MR) is 163 cm³/mol. The standard InChI is InChI=1S/C32H40ClN5O4/c1-20(2)17-28(32(41)36-27-10-5-4-9-26(27)24-7-6-8-25(33)18-24)37-30(39)21(3)35-31(40)23-13-11-22(12-14-23)19-34-29-15-16-42-38-29/h6-8,11-16,18,20-21,26-28H,4-5,9-10,17,19H2,1-3H3,(H,34,38)(H,35,40)(H,36,41)(H,37,39)/t21-,26-,27?,28-/m0/s1. The van der Waals surface area contributed by atoms with Crippen molar-refractivity contribution in [3.63, 3.8) is 0 Å². The summed E-state index contributed by atoms with van der Waals surface area (Å²) in [6.45, 7) is 6.16. The van der Waals surface area contributed by atoms with Gasteiger partial charge in [-0.3, -0.25) is 14.4 Å². The molecule has 1 aromatic heterocycles. The Labute approximate surface area is 252 Å². The van der Waals surface area contributed by atoms with Crippen LogP contribution in [0.15, 0.2) is 65.4 Å². The molecule has 0 saturated heterocycles. The minimum atomic E-state index is -0.831. The van der Waals surface area contributed by atoms with Gasteiger partial charge in [0.25, 0.3) is 5.91 Å². The summed E-state index contributed by atoms with van der Waals surface area (Å²) in [5.41, 5.74) is 2.51. The summed E-state index contributed by atoms with van der Waals surface area (Å²) in [4.78, 5) is 39.5. The van der Waals surface area contributed by atoms with Gasteiger partial charge >= 0.3 is 0 Å². The SMILES string of the molecule is CC(C)C[C@H](NC(=O)[C@H](C)NC(=O)c1ccc(CNc2ccon2)cc1)C(=O)NC1CCCC[C@H]1c1cccc(Cl)c1. The first kappa shape index (κ1) is 31.1. The molecule has 42 heavy (non-hydrogen) atoms. The largest absolute Gasteiger partial charge is 0.363 e. The third-order valence-electron chi connectivity index (χ3n) is 7.58. The van der Waals surface area contributed by atoms with Crippen LogP contribution in [0.5, 0.6) is 0 Å². The molecule has 0 radical (unpaired) electrons. The number of nitrogens with one attached hydrogen (secondary N) is 4. The minimum absolute atomic E-state index is 0.0393. The molecule has 1 aliphatic carbocycles.